The third-order valence-electron chi connectivity index (χ3n) is 3.19. The maximum absolute atomic E-state index is 12.1. The average Bonchev–Trinajstić information content (AvgIpc) is 2.50. The fourth-order valence-electron chi connectivity index (χ4n) is 2.01. The summed E-state index contributed by atoms with van der Waals surface area (Å²) in [6.07, 6.45) is 1.06. The first-order valence-corrected chi connectivity index (χ1v) is 9.60. The fourth-order valence-corrected chi connectivity index (χ4v) is 3.07. The highest BCUT2D eigenvalue weighted by Gasteiger charge is 2.21. The predicted molar refractivity (Wildman–Crippen MR) is 96.8 cm³/mol. The first-order chi connectivity index (χ1) is 11.3. The van der Waals surface area contributed by atoms with Gasteiger partial charge >= 0.3 is 0 Å². The van der Waals surface area contributed by atoms with Crippen molar-refractivity contribution in [2.24, 2.45) is 0 Å². The second-order valence-electron chi connectivity index (χ2n) is 5.19. The van der Waals surface area contributed by atoms with Crippen molar-refractivity contribution >= 4 is 44.8 Å². The molecule has 2 rings (SSSR count). The van der Waals surface area contributed by atoms with Crippen LogP contribution in [0.15, 0.2) is 48.5 Å². The molecule has 5 nitrogen and oxygen atoms in total. The van der Waals surface area contributed by atoms with E-state index in [4.69, 9.17) is 23.2 Å². The molecule has 1 N–H and O–H groups in total. The highest BCUT2D eigenvalue weighted by Crippen LogP contribution is 2.23. The van der Waals surface area contributed by atoms with Crippen LogP contribution < -0.4 is 5.32 Å². The molecule has 0 fully saturated rings. The summed E-state index contributed by atoms with van der Waals surface area (Å²) < 4.78 is 25.0. The number of nitrogens with one attached hydrogen (secondary N) is 1. The van der Waals surface area contributed by atoms with Crippen LogP contribution in [0.2, 0.25) is 10.0 Å². The number of amides is 1. The third kappa shape index (κ3) is 5.49. The Morgan fingerprint density at radius 2 is 1.75 bits per heavy atom. The number of hydrogen-bond donors (Lipinski definition) is 1. The zero-order valence-electron chi connectivity index (χ0n) is 12.9. The van der Waals surface area contributed by atoms with Crippen LogP contribution in [0, 0.1) is 0 Å². The van der Waals surface area contributed by atoms with Crippen molar-refractivity contribution in [3.8, 4) is 0 Å². The Kier molecular flexibility index (Phi) is 6.23. The summed E-state index contributed by atoms with van der Waals surface area (Å²) in [6, 6.07) is 13.7. The second-order valence-corrected chi connectivity index (χ2v) is 7.99. The summed E-state index contributed by atoms with van der Waals surface area (Å²) >= 11 is 11.8. The van der Waals surface area contributed by atoms with Crippen molar-refractivity contribution < 1.29 is 13.2 Å². The molecule has 0 bridgehead atoms. The molecular formula is C16H16Cl2N2O3S. The molecular weight excluding hydrogens is 371 g/mol. The summed E-state index contributed by atoms with van der Waals surface area (Å²) in [5, 5.41) is 3.37. The van der Waals surface area contributed by atoms with Crippen LogP contribution in [0.3, 0.4) is 0 Å². The minimum Gasteiger partial charge on any atom is -0.325 e. The SMILES string of the molecule is CS(=O)(=O)N(CC(=O)Nc1ccccc1)Cc1ccc(Cl)c(Cl)c1. The van der Waals surface area contributed by atoms with E-state index in [1.165, 1.54) is 0 Å². The molecule has 128 valence electrons. The normalized spacial score (nSPS) is 11.5. The maximum Gasteiger partial charge on any atom is 0.239 e. The number of rotatable bonds is 6. The number of carbonyl (C=O) groups excluding carboxylic acids is 1. The molecule has 0 radical (unpaired) electrons. The Morgan fingerprint density at radius 3 is 2.33 bits per heavy atom. The van der Waals surface area contributed by atoms with Gasteiger partial charge in [0.15, 0.2) is 0 Å². The van der Waals surface area contributed by atoms with E-state index in [0.29, 0.717) is 21.3 Å². The van der Waals surface area contributed by atoms with Crippen LogP contribution in [-0.4, -0.2) is 31.4 Å². The van der Waals surface area contributed by atoms with Crippen molar-refractivity contribution in [1.29, 1.82) is 0 Å². The first-order valence-electron chi connectivity index (χ1n) is 6.99. The van der Waals surface area contributed by atoms with E-state index in [0.717, 1.165) is 10.6 Å². The molecule has 0 aliphatic carbocycles. The number of carbonyl (C=O) groups is 1. The molecule has 0 aliphatic rings. The van der Waals surface area contributed by atoms with E-state index in [2.05, 4.69) is 5.32 Å². The van der Waals surface area contributed by atoms with Crippen molar-refractivity contribution in [1.82, 2.24) is 4.31 Å². The molecule has 24 heavy (non-hydrogen) atoms. The minimum atomic E-state index is -3.58. The van der Waals surface area contributed by atoms with Gasteiger partial charge in [-0.25, -0.2) is 8.42 Å². The minimum absolute atomic E-state index is 0.0257. The van der Waals surface area contributed by atoms with Gasteiger partial charge in [-0.15, -0.1) is 0 Å². The van der Waals surface area contributed by atoms with Gasteiger partial charge in [-0.1, -0.05) is 47.5 Å². The van der Waals surface area contributed by atoms with Crippen molar-refractivity contribution in [3.63, 3.8) is 0 Å². The highest BCUT2D eigenvalue weighted by molar-refractivity contribution is 7.88. The number of sulfonamides is 1. The Morgan fingerprint density at radius 1 is 1.08 bits per heavy atom. The van der Waals surface area contributed by atoms with E-state index in [1.807, 2.05) is 6.07 Å². The molecule has 0 saturated heterocycles. The lowest BCUT2D eigenvalue weighted by Crippen LogP contribution is -2.36. The first kappa shape index (κ1) is 18.7. The number of nitrogens with zero attached hydrogens (tertiary/aromatic N) is 1. The Bertz CT molecular complexity index is 826. The molecule has 0 aliphatic heterocycles. The molecule has 2 aromatic rings. The standard InChI is InChI=1S/C16H16Cl2N2O3S/c1-24(22,23)20(10-12-7-8-14(17)15(18)9-12)11-16(21)19-13-5-3-2-4-6-13/h2-9H,10-11H2,1H3,(H,19,21). The third-order valence-corrected chi connectivity index (χ3v) is 5.12. The molecule has 0 heterocycles. The molecule has 1 amide bonds. The zero-order chi connectivity index (χ0) is 17.7. The van der Waals surface area contributed by atoms with Gasteiger partial charge in [0.2, 0.25) is 15.9 Å². The summed E-state index contributed by atoms with van der Waals surface area (Å²) in [5.74, 6) is -0.424. The number of benzene rings is 2. The summed E-state index contributed by atoms with van der Waals surface area (Å²) in [5.41, 5.74) is 1.24. The Labute approximate surface area is 151 Å². The molecule has 8 heteroatoms. The van der Waals surface area contributed by atoms with Gasteiger partial charge in [0, 0.05) is 12.2 Å². The number of halogens is 2. The average molecular weight is 387 g/mol. The molecule has 0 spiro atoms. The number of para-hydroxylation sites is 1. The zero-order valence-corrected chi connectivity index (χ0v) is 15.2. The second kappa shape index (κ2) is 7.98. The maximum atomic E-state index is 12.1. The fraction of sp³-hybridized carbons (Fsp3) is 0.188. The quantitative estimate of drug-likeness (QED) is 0.826. The molecule has 0 atom stereocenters. The van der Waals surface area contributed by atoms with Gasteiger partial charge in [-0.05, 0) is 29.8 Å². The molecule has 2 aromatic carbocycles. The van der Waals surface area contributed by atoms with Gasteiger partial charge in [-0.2, -0.15) is 4.31 Å². The Balaban J connectivity index is 2.11. The van der Waals surface area contributed by atoms with Crippen LogP contribution in [-0.2, 0) is 21.4 Å². The molecule has 0 unspecified atom stereocenters. The summed E-state index contributed by atoms with van der Waals surface area (Å²) in [6.45, 7) is -0.272. The largest absolute Gasteiger partial charge is 0.325 e. The van der Waals surface area contributed by atoms with E-state index >= 15 is 0 Å². The Hall–Kier alpha value is -1.60. The van der Waals surface area contributed by atoms with Crippen LogP contribution in [0.5, 0.6) is 0 Å². The van der Waals surface area contributed by atoms with Gasteiger partial charge in [0.1, 0.15) is 0 Å². The van der Waals surface area contributed by atoms with E-state index < -0.39 is 15.9 Å². The van der Waals surface area contributed by atoms with Gasteiger partial charge in [0.05, 0.1) is 22.8 Å². The number of hydrogen-bond acceptors (Lipinski definition) is 3. The monoisotopic (exact) mass is 386 g/mol. The summed E-state index contributed by atoms with van der Waals surface area (Å²) in [7, 11) is -3.58. The smallest absolute Gasteiger partial charge is 0.239 e. The van der Waals surface area contributed by atoms with E-state index in [-0.39, 0.29) is 13.1 Å². The lowest BCUT2D eigenvalue weighted by molar-refractivity contribution is -0.116. The highest BCUT2D eigenvalue weighted by atomic mass is 35.5. The van der Waals surface area contributed by atoms with Crippen molar-refractivity contribution in [3.05, 3.63) is 64.1 Å². The lowest BCUT2D eigenvalue weighted by Gasteiger charge is -2.20. The van der Waals surface area contributed by atoms with Crippen molar-refractivity contribution in [2.75, 3.05) is 18.1 Å². The van der Waals surface area contributed by atoms with Gasteiger partial charge in [-0.3, -0.25) is 4.79 Å². The van der Waals surface area contributed by atoms with Crippen molar-refractivity contribution in [2.45, 2.75) is 6.54 Å². The van der Waals surface area contributed by atoms with Gasteiger partial charge in [0.25, 0.3) is 0 Å². The molecule has 0 saturated carbocycles. The molecule has 0 aromatic heterocycles. The van der Waals surface area contributed by atoms with Gasteiger partial charge < -0.3 is 5.32 Å². The predicted octanol–water partition coefficient (Wildman–Crippen LogP) is 3.39. The topological polar surface area (TPSA) is 66.5 Å². The lowest BCUT2D eigenvalue weighted by atomic mass is 10.2. The number of anilines is 1. The van der Waals surface area contributed by atoms with Crippen LogP contribution in [0.4, 0.5) is 5.69 Å². The van der Waals surface area contributed by atoms with Crippen LogP contribution in [0.25, 0.3) is 0 Å². The van der Waals surface area contributed by atoms with E-state index in [9.17, 15) is 13.2 Å². The van der Waals surface area contributed by atoms with E-state index in [1.54, 1.807) is 42.5 Å². The van der Waals surface area contributed by atoms with Crippen LogP contribution >= 0.6 is 23.2 Å². The summed E-state index contributed by atoms with van der Waals surface area (Å²) in [4.78, 5) is 12.1. The van der Waals surface area contributed by atoms with Crippen LogP contribution in [0.1, 0.15) is 5.56 Å².